The first-order valence-corrected chi connectivity index (χ1v) is 6.43. The lowest BCUT2D eigenvalue weighted by atomic mass is 9.88. The highest BCUT2D eigenvalue weighted by Crippen LogP contribution is 2.27. The van der Waals surface area contributed by atoms with Crippen LogP contribution in [0.5, 0.6) is 0 Å². The van der Waals surface area contributed by atoms with E-state index in [1.807, 2.05) is 20.8 Å². The van der Waals surface area contributed by atoms with Crippen molar-refractivity contribution in [2.45, 2.75) is 33.1 Å². The van der Waals surface area contributed by atoms with Gasteiger partial charge < -0.3 is 9.84 Å². The molecule has 0 saturated heterocycles. The van der Waals surface area contributed by atoms with Gasteiger partial charge in [0.1, 0.15) is 17.0 Å². The molecule has 0 fully saturated rings. The first-order chi connectivity index (χ1) is 9.70. The minimum Gasteiger partial charge on any atom is -0.361 e. The number of aryl methyl sites for hydroxylation is 1. The van der Waals surface area contributed by atoms with E-state index in [9.17, 15) is 13.6 Å². The molecule has 1 aromatic carbocycles. The Hall–Kier alpha value is -2.24. The second-order valence-electron chi connectivity index (χ2n) is 5.80. The normalized spacial score (nSPS) is 11.5. The van der Waals surface area contributed by atoms with E-state index in [4.69, 9.17) is 4.52 Å². The van der Waals surface area contributed by atoms with Crippen molar-refractivity contribution < 1.29 is 18.1 Å². The molecule has 1 N–H and O–H groups in total. The van der Waals surface area contributed by atoms with Gasteiger partial charge in [0.05, 0.1) is 0 Å². The van der Waals surface area contributed by atoms with Crippen LogP contribution in [0.3, 0.4) is 0 Å². The third-order valence-corrected chi connectivity index (χ3v) is 2.98. The van der Waals surface area contributed by atoms with E-state index in [0.717, 1.165) is 12.1 Å². The van der Waals surface area contributed by atoms with Crippen molar-refractivity contribution in [3.8, 4) is 0 Å². The summed E-state index contributed by atoms with van der Waals surface area (Å²) in [5, 5.41) is 6.43. The van der Waals surface area contributed by atoms with Crippen molar-refractivity contribution in [2.75, 3.05) is 5.32 Å². The molecule has 1 heterocycles. The number of carbonyl (C=O) groups excluding carboxylic acids is 1. The number of anilines is 1. The number of benzene rings is 1. The zero-order chi connectivity index (χ0) is 15.8. The second kappa shape index (κ2) is 5.27. The molecule has 1 amide bonds. The van der Waals surface area contributed by atoms with E-state index < -0.39 is 17.5 Å². The van der Waals surface area contributed by atoms with E-state index in [1.165, 1.54) is 6.07 Å². The summed E-state index contributed by atoms with van der Waals surface area (Å²) in [6.07, 6.45) is 0. The summed E-state index contributed by atoms with van der Waals surface area (Å²) in [7, 11) is 0. The molecule has 0 radical (unpaired) electrons. The first kappa shape index (κ1) is 15.2. The van der Waals surface area contributed by atoms with Gasteiger partial charge in [-0.2, -0.15) is 0 Å². The molecule has 0 atom stereocenters. The number of hydrogen-bond acceptors (Lipinski definition) is 3. The molecule has 2 rings (SSSR count). The number of carbonyl (C=O) groups is 1. The summed E-state index contributed by atoms with van der Waals surface area (Å²) in [6, 6.07) is 3.17. The van der Waals surface area contributed by atoms with Crippen LogP contribution in [-0.2, 0) is 5.41 Å². The number of halogens is 2. The van der Waals surface area contributed by atoms with Crippen LogP contribution in [0.15, 0.2) is 22.7 Å². The van der Waals surface area contributed by atoms with E-state index >= 15 is 0 Å². The van der Waals surface area contributed by atoms with Crippen LogP contribution in [0.2, 0.25) is 0 Å². The molecule has 0 unspecified atom stereocenters. The summed E-state index contributed by atoms with van der Waals surface area (Å²) in [6.45, 7) is 7.33. The summed E-state index contributed by atoms with van der Waals surface area (Å²) in [5.41, 5.74) is 0.616. The van der Waals surface area contributed by atoms with Crippen LogP contribution < -0.4 is 5.32 Å². The van der Waals surface area contributed by atoms with Crippen molar-refractivity contribution in [1.29, 1.82) is 0 Å². The Labute approximate surface area is 121 Å². The molecular weight excluding hydrogens is 278 g/mol. The van der Waals surface area contributed by atoms with E-state index in [2.05, 4.69) is 10.5 Å². The van der Waals surface area contributed by atoms with Gasteiger partial charge in [-0.1, -0.05) is 25.9 Å². The molecule has 0 aliphatic carbocycles. The summed E-state index contributed by atoms with van der Waals surface area (Å²) in [5.74, 6) is -2.08. The lowest BCUT2D eigenvalue weighted by Gasteiger charge is -2.16. The largest absolute Gasteiger partial charge is 0.361 e. The standard InChI is InChI=1S/C15H16F2N2O2/c1-8-12(13(19-21-8)15(2,3)4)14(20)18-9-5-6-10(16)11(17)7-9/h5-7H,1-4H3,(H,18,20). The van der Waals surface area contributed by atoms with E-state index in [1.54, 1.807) is 6.92 Å². The zero-order valence-corrected chi connectivity index (χ0v) is 12.3. The monoisotopic (exact) mass is 294 g/mol. The Morgan fingerprint density at radius 1 is 1.24 bits per heavy atom. The lowest BCUT2D eigenvalue weighted by molar-refractivity contribution is 0.102. The summed E-state index contributed by atoms with van der Waals surface area (Å²) < 4.78 is 31.1. The molecule has 0 aliphatic rings. The average Bonchev–Trinajstić information content (AvgIpc) is 2.76. The maximum absolute atomic E-state index is 13.2. The van der Waals surface area contributed by atoms with Gasteiger partial charge >= 0.3 is 0 Å². The van der Waals surface area contributed by atoms with E-state index in [0.29, 0.717) is 17.0 Å². The lowest BCUT2D eigenvalue weighted by Crippen LogP contribution is -2.21. The van der Waals surface area contributed by atoms with Crippen LogP contribution >= 0.6 is 0 Å². The summed E-state index contributed by atoms with van der Waals surface area (Å²) in [4.78, 5) is 12.3. The number of hydrogen-bond donors (Lipinski definition) is 1. The Morgan fingerprint density at radius 2 is 1.90 bits per heavy atom. The Kier molecular flexibility index (Phi) is 3.80. The number of amides is 1. The fourth-order valence-corrected chi connectivity index (χ4v) is 1.92. The predicted molar refractivity (Wildman–Crippen MR) is 74.3 cm³/mol. The van der Waals surface area contributed by atoms with Gasteiger partial charge in [-0.05, 0) is 19.1 Å². The van der Waals surface area contributed by atoms with Crippen LogP contribution in [-0.4, -0.2) is 11.1 Å². The maximum atomic E-state index is 13.2. The molecule has 0 saturated carbocycles. The highest BCUT2D eigenvalue weighted by molar-refractivity contribution is 6.05. The van der Waals surface area contributed by atoms with Gasteiger partial charge in [-0.3, -0.25) is 4.79 Å². The molecule has 6 heteroatoms. The number of rotatable bonds is 2. The highest BCUT2D eigenvalue weighted by atomic mass is 19.2. The van der Waals surface area contributed by atoms with Gasteiger partial charge in [-0.25, -0.2) is 8.78 Å². The number of nitrogens with zero attached hydrogens (tertiary/aromatic N) is 1. The van der Waals surface area contributed by atoms with Gasteiger partial charge in [0.25, 0.3) is 5.91 Å². The van der Waals surface area contributed by atoms with Gasteiger partial charge in [0, 0.05) is 17.2 Å². The molecule has 21 heavy (non-hydrogen) atoms. The molecule has 1 aromatic heterocycles. The molecule has 0 aliphatic heterocycles. The predicted octanol–water partition coefficient (Wildman–Crippen LogP) is 3.81. The third kappa shape index (κ3) is 3.09. The second-order valence-corrected chi connectivity index (χ2v) is 5.80. The molecule has 0 spiro atoms. The van der Waals surface area contributed by atoms with Crippen molar-refractivity contribution >= 4 is 11.6 Å². The van der Waals surface area contributed by atoms with Gasteiger partial charge in [0.15, 0.2) is 11.6 Å². The third-order valence-electron chi connectivity index (χ3n) is 2.98. The minimum absolute atomic E-state index is 0.166. The van der Waals surface area contributed by atoms with Gasteiger partial charge in [0.2, 0.25) is 0 Å². The average molecular weight is 294 g/mol. The van der Waals surface area contributed by atoms with E-state index in [-0.39, 0.29) is 11.1 Å². The Bertz CT molecular complexity index is 687. The Balaban J connectivity index is 2.33. The fraction of sp³-hybridized carbons (Fsp3) is 0.333. The van der Waals surface area contributed by atoms with Crippen molar-refractivity contribution in [1.82, 2.24) is 5.16 Å². The van der Waals surface area contributed by atoms with Crippen molar-refractivity contribution in [3.63, 3.8) is 0 Å². The van der Waals surface area contributed by atoms with Crippen LogP contribution in [0, 0.1) is 18.6 Å². The maximum Gasteiger partial charge on any atom is 0.261 e. The molecule has 2 aromatic rings. The van der Waals surface area contributed by atoms with Crippen LogP contribution in [0.25, 0.3) is 0 Å². The topological polar surface area (TPSA) is 55.1 Å². The molecular formula is C15H16F2N2O2. The SMILES string of the molecule is Cc1onc(C(C)(C)C)c1C(=O)Nc1ccc(F)c(F)c1. The highest BCUT2D eigenvalue weighted by Gasteiger charge is 2.28. The van der Waals surface area contributed by atoms with Crippen molar-refractivity contribution in [3.05, 3.63) is 46.9 Å². The zero-order valence-electron chi connectivity index (χ0n) is 12.3. The summed E-state index contributed by atoms with van der Waals surface area (Å²) >= 11 is 0. The van der Waals surface area contributed by atoms with Gasteiger partial charge in [-0.15, -0.1) is 0 Å². The first-order valence-electron chi connectivity index (χ1n) is 6.43. The molecule has 4 nitrogen and oxygen atoms in total. The van der Waals surface area contributed by atoms with Crippen molar-refractivity contribution in [2.24, 2.45) is 0 Å². The van der Waals surface area contributed by atoms with Crippen LogP contribution in [0.1, 0.15) is 42.6 Å². The molecule has 112 valence electrons. The number of nitrogens with one attached hydrogen (secondary N) is 1. The smallest absolute Gasteiger partial charge is 0.261 e. The minimum atomic E-state index is -1.02. The molecule has 0 bridgehead atoms. The van der Waals surface area contributed by atoms with Crippen LogP contribution in [0.4, 0.5) is 14.5 Å². The Morgan fingerprint density at radius 3 is 2.48 bits per heavy atom. The number of aromatic nitrogens is 1. The quantitative estimate of drug-likeness (QED) is 0.916. The fourth-order valence-electron chi connectivity index (χ4n) is 1.92.